The zero-order valence-corrected chi connectivity index (χ0v) is 18.4. The van der Waals surface area contributed by atoms with Crippen LogP contribution in [0.3, 0.4) is 0 Å². The van der Waals surface area contributed by atoms with Crippen molar-refractivity contribution >= 4 is 22.6 Å². The molecule has 0 unspecified atom stereocenters. The van der Waals surface area contributed by atoms with Gasteiger partial charge < -0.3 is 14.8 Å². The minimum Gasteiger partial charge on any atom is -0.354 e. The Morgan fingerprint density at radius 2 is 1.70 bits per heavy atom. The topological polar surface area (TPSA) is 66.3 Å². The summed E-state index contributed by atoms with van der Waals surface area (Å²) in [4.78, 5) is 16.5. The van der Waals surface area contributed by atoms with Crippen LogP contribution in [-0.2, 0) is 0 Å². The Morgan fingerprint density at radius 1 is 0.970 bits per heavy atom. The number of rotatable bonds is 4. The van der Waals surface area contributed by atoms with E-state index in [4.69, 9.17) is 0 Å². The molecule has 3 heterocycles. The van der Waals surface area contributed by atoms with Crippen molar-refractivity contribution in [3.8, 4) is 0 Å². The molecule has 1 aliphatic heterocycles. The predicted octanol–water partition coefficient (Wildman–Crippen LogP) is 3.87. The van der Waals surface area contributed by atoms with E-state index in [1.54, 1.807) is 19.2 Å². The van der Waals surface area contributed by atoms with E-state index in [0.717, 1.165) is 55.7 Å². The highest BCUT2D eigenvalue weighted by Gasteiger charge is 2.29. The molecule has 176 valence electrons. The third-order valence-electron chi connectivity index (χ3n) is 7.03. The van der Waals surface area contributed by atoms with Gasteiger partial charge in [-0.1, -0.05) is 13.5 Å². The molecule has 2 fully saturated rings. The molecule has 33 heavy (non-hydrogen) atoms. The van der Waals surface area contributed by atoms with Crippen LogP contribution in [0.2, 0.25) is 0 Å². The number of anilines is 1. The van der Waals surface area contributed by atoms with Crippen molar-refractivity contribution in [3.63, 3.8) is 0 Å². The van der Waals surface area contributed by atoms with Gasteiger partial charge in [0.15, 0.2) is 11.5 Å². The number of amides is 1. The number of nitrogens with one attached hydrogen (secondary N) is 1. The number of carbonyl (C=O) groups is 1. The minimum absolute atomic E-state index is 0. The smallest absolute Gasteiger partial charge is 0.271 e. The largest absolute Gasteiger partial charge is 0.354 e. The van der Waals surface area contributed by atoms with E-state index in [9.17, 15) is 9.18 Å². The SMILES string of the molecule is C.CNC(=O)c1ccc(N2CCN(C3CCC(n4ccc5c(F)cccc54)CC3)CC2)nn1. The minimum atomic E-state index is -0.220. The molecule has 1 aliphatic carbocycles. The third-order valence-corrected chi connectivity index (χ3v) is 7.03. The zero-order valence-electron chi connectivity index (χ0n) is 18.4. The maximum absolute atomic E-state index is 14.0. The van der Waals surface area contributed by atoms with Crippen molar-refractivity contribution in [3.05, 3.63) is 54.1 Å². The van der Waals surface area contributed by atoms with Crippen LogP contribution in [0.15, 0.2) is 42.6 Å². The van der Waals surface area contributed by atoms with Gasteiger partial charge in [0.05, 0.1) is 5.52 Å². The van der Waals surface area contributed by atoms with Crippen molar-refractivity contribution in [1.29, 1.82) is 0 Å². The van der Waals surface area contributed by atoms with Crippen molar-refractivity contribution in [2.75, 3.05) is 38.1 Å². The molecule has 2 aromatic heterocycles. The number of nitrogens with zero attached hydrogens (tertiary/aromatic N) is 5. The van der Waals surface area contributed by atoms with Gasteiger partial charge in [0.1, 0.15) is 5.82 Å². The molecule has 3 aromatic rings. The molecule has 0 spiro atoms. The summed E-state index contributed by atoms with van der Waals surface area (Å²) in [6.45, 7) is 3.84. The fourth-order valence-corrected chi connectivity index (χ4v) is 5.23. The van der Waals surface area contributed by atoms with Gasteiger partial charge in [0.25, 0.3) is 5.91 Å². The number of hydrogen-bond acceptors (Lipinski definition) is 5. The second kappa shape index (κ2) is 9.87. The molecule has 0 atom stereocenters. The molecule has 1 saturated heterocycles. The van der Waals surface area contributed by atoms with Crippen molar-refractivity contribution in [2.24, 2.45) is 0 Å². The van der Waals surface area contributed by atoms with Crippen LogP contribution in [0.25, 0.3) is 10.9 Å². The van der Waals surface area contributed by atoms with Crippen molar-refractivity contribution in [2.45, 2.75) is 45.2 Å². The zero-order chi connectivity index (χ0) is 22.1. The first kappa shape index (κ1) is 23.2. The number of benzene rings is 1. The lowest BCUT2D eigenvalue weighted by Gasteiger charge is -2.42. The second-order valence-electron chi connectivity index (χ2n) is 8.74. The van der Waals surface area contributed by atoms with E-state index < -0.39 is 0 Å². The number of hydrogen-bond donors (Lipinski definition) is 1. The van der Waals surface area contributed by atoms with E-state index in [1.807, 2.05) is 24.4 Å². The average molecular weight is 453 g/mol. The normalized spacial score (nSPS) is 21.6. The summed E-state index contributed by atoms with van der Waals surface area (Å²) in [7, 11) is 1.59. The van der Waals surface area contributed by atoms with Gasteiger partial charge >= 0.3 is 0 Å². The molecule has 1 N–H and O–H groups in total. The van der Waals surface area contributed by atoms with Gasteiger partial charge in [-0.05, 0) is 56.0 Å². The predicted molar refractivity (Wildman–Crippen MR) is 129 cm³/mol. The maximum atomic E-state index is 14.0. The third kappa shape index (κ3) is 4.57. The van der Waals surface area contributed by atoms with Gasteiger partial charge in [0.2, 0.25) is 0 Å². The summed E-state index contributed by atoms with van der Waals surface area (Å²) in [5, 5.41) is 11.6. The van der Waals surface area contributed by atoms with E-state index in [2.05, 4.69) is 29.9 Å². The molecular weight excluding hydrogens is 419 g/mol. The summed E-state index contributed by atoms with van der Waals surface area (Å²) in [6, 6.07) is 11.9. The molecule has 5 rings (SSSR count). The number of halogens is 1. The summed E-state index contributed by atoms with van der Waals surface area (Å²) in [5.74, 6) is 0.469. The van der Waals surface area contributed by atoms with Crippen molar-refractivity contribution < 1.29 is 9.18 Å². The fourth-order valence-electron chi connectivity index (χ4n) is 5.23. The van der Waals surface area contributed by atoms with E-state index in [1.165, 1.54) is 18.9 Å². The van der Waals surface area contributed by atoms with Crippen LogP contribution in [0.5, 0.6) is 0 Å². The monoisotopic (exact) mass is 452 g/mol. The molecular formula is C25H33FN6O. The number of carbonyl (C=O) groups excluding carboxylic acids is 1. The summed E-state index contributed by atoms with van der Waals surface area (Å²) in [6.07, 6.45) is 6.63. The maximum Gasteiger partial charge on any atom is 0.271 e. The van der Waals surface area contributed by atoms with Crippen LogP contribution >= 0.6 is 0 Å². The fraction of sp³-hybridized carbons (Fsp3) is 0.480. The van der Waals surface area contributed by atoms with Crippen LogP contribution < -0.4 is 10.2 Å². The van der Waals surface area contributed by atoms with Crippen LogP contribution in [0.1, 0.15) is 49.6 Å². The molecule has 0 radical (unpaired) electrons. The number of aromatic nitrogens is 3. The lowest BCUT2D eigenvalue weighted by atomic mass is 9.89. The highest BCUT2D eigenvalue weighted by molar-refractivity contribution is 5.91. The lowest BCUT2D eigenvalue weighted by molar-refractivity contribution is 0.0957. The van der Waals surface area contributed by atoms with Crippen LogP contribution in [0, 0.1) is 5.82 Å². The van der Waals surface area contributed by atoms with E-state index in [0.29, 0.717) is 17.8 Å². The second-order valence-corrected chi connectivity index (χ2v) is 8.74. The molecule has 2 aliphatic rings. The van der Waals surface area contributed by atoms with Gasteiger partial charge in [-0.15, -0.1) is 10.2 Å². The molecule has 1 aromatic carbocycles. The summed E-state index contributed by atoms with van der Waals surface area (Å²) >= 11 is 0. The number of piperazine rings is 1. The Hall–Kier alpha value is -3.00. The first-order valence-corrected chi connectivity index (χ1v) is 11.4. The first-order valence-electron chi connectivity index (χ1n) is 11.4. The average Bonchev–Trinajstić information content (AvgIpc) is 3.29. The Morgan fingerprint density at radius 3 is 2.36 bits per heavy atom. The van der Waals surface area contributed by atoms with Crippen LogP contribution in [-0.4, -0.2) is 64.8 Å². The highest BCUT2D eigenvalue weighted by Crippen LogP contribution is 2.34. The molecule has 1 saturated carbocycles. The van der Waals surface area contributed by atoms with Gasteiger partial charge in [-0.3, -0.25) is 9.69 Å². The lowest BCUT2D eigenvalue weighted by Crippen LogP contribution is -2.51. The van der Waals surface area contributed by atoms with Crippen LogP contribution in [0.4, 0.5) is 10.2 Å². The van der Waals surface area contributed by atoms with Gasteiger partial charge in [-0.25, -0.2) is 4.39 Å². The molecule has 8 heteroatoms. The first-order chi connectivity index (χ1) is 15.6. The van der Waals surface area contributed by atoms with Gasteiger partial charge in [0, 0.05) is 56.9 Å². The molecule has 7 nitrogen and oxygen atoms in total. The molecule has 0 bridgehead atoms. The van der Waals surface area contributed by atoms with E-state index >= 15 is 0 Å². The Kier molecular flexibility index (Phi) is 6.93. The van der Waals surface area contributed by atoms with Gasteiger partial charge in [-0.2, -0.15) is 0 Å². The Bertz CT molecular complexity index is 1080. The summed E-state index contributed by atoms with van der Waals surface area (Å²) in [5.41, 5.74) is 1.34. The van der Waals surface area contributed by atoms with E-state index in [-0.39, 0.29) is 19.2 Å². The standard InChI is InChI=1S/C24H29FN6O.CH4/c1-26-24(32)21-9-10-23(28-27-21)30-15-13-29(14-16-30)17-5-7-18(8-6-17)31-12-11-19-20(25)3-2-4-22(19)31;/h2-4,9-12,17-18H,5-8,13-16H2,1H3,(H,26,32);1H4. The quantitative estimate of drug-likeness (QED) is 0.651. The Balaban J connectivity index is 0.00000259. The summed E-state index contributed by atoms with van der Waals surface area (Å²) < 4.78 is 16.3. The Labute approximate surface area is 194 Å². The number of fused-ring (bicyclic) bond motifs is 1. The highest BCUT2D eigenvalue weighted by atomic mass is 19.1. The van der Waals surface area contributed by atoms with Crippen molar-refractivity contribution in [1.82, 2.24) is 25.0 Å². The molecule has 1 amide bonds.